The lowest BCUT2D eigenvalue weighted by Crippen LogP contribution is -2.57. The minimum atomic E-state index is -0.828. The molecule has 2 fully saturated rings. The van der Waals surface area contributed by atoms with Gasteiger partial charge in [-0.15, -0.1) is 0 Å². The molecule has 8 heteroatoms. The third-order valence-corrected chi connectivity index (χ3v) is 2.85. The summed E-state index contributed by atoms with van der Waals surface area (Å²) in [6.45, 7) is 1.67. The second-order valence-electron chi connectivity index (χ2n) is 3.76. The molecule has 1 atom stereocenters. The number of carbonyl (C=O) groups is 3. The molecule has 2 rings (SSSR count). The van der Waals surface area contributed by atoms with Crippen LogP contribution in [-0.2, 0) is 9.59 Å². The number of rotatable bonds is 0. The predicted octanol–water partition coefficient (Wildman–Crippen LogP) is -2.79. The van der Waals surface area contributed by atoms with Crippen LogP contribution in [0.4, 0.5) is 4.79 Å². The fraction of sp³-hybridized carbons (Fsp3) is 0.625. The predicted molar refractivity (Wildman–Crippen MR) is 52.8 cm³/mol. The number of piperazine rings is 1. The lowest BCUT2D eigenvalue weighted by Gasteiger charge is -2.35. The van der Waals surface area contributed by atoms with E-state index in [0.717, 1.165) is 0 Å². The van der Waals surface area contributed by atoms with E-state index in [2.05, 4.69) is 5.32 Å². The minimum absolute atomic E-state index is 0.0456. The highest BCUT2D eigenvalue weighted by Crippen LogP contribution is 2.13. The molecule has 0 saturated carbocycles. The number of amides is 4. The van der Waals surface area contributed by atoms with Crippen molar-refractivity contribution in [3.05, 3.63) is 0 Å². The molecule has 8 nitrogen and oxygen atoms in total. The number of hydrogen-bond acceptors (Lipinski definition) is 4. The summed E-state index contributed by atoms with van der Waals surface area (Å²) in [7, 11) is 0. The third-order valence-electron chi connectivity index (χ3n) is 2.85. The fourth-order valence-corrected chi connectivity index (χ4v) is 1.99. The zero-order chi connectivity index (χ0) is 11.7. The molecule has 2 aliphatic heterocycles. The van der Waals surface area contributed by atoms with Crippen molar-refractivity contribution in [3.8, 4) is 0 Å². The van der Waals surface area contributed by atoms with Crippen LogP contribution < -0.4 is 16.6 Å². The first kappa shape index (κ1) is 10.7. The summed E-state index contributed by atoms with van der Waals surface area (Å²) in [4.78, 5) is 36.9. The number of nitrogens with zero attached hydrogens (tertiary/aromatic N) is 2. The highest BCUT2D eigenvalue weighted by atomic mass is 16.2. The Labute approximate surface area is 91.7 Å². The van der Waals surface area contributed by atoms with Gasteiger partial charge < -0.3 is 15.1 Å². The molecule has 0 aromatic rings. The van der Waals surface area contributed by atoms with Gasteiger partial charge in [0.2, 0.25) is 0 Å². The van der Waals surface area contributed by atoms with Crippen molar-refractivity contribution < 1.29 is 14.4 Å². The summed E-state index contributed by atoms with van der Waals surface area (Å²) in [6, 6.07) is -0.156. The van der Waals surface area contributed by atoms with E-state index in [1.165, 1.54) is 4.90 Å². The van der Waals surface area contributed by atoms with E-state index in [-0.39, 0.29) is 12.1 Å². The van der Waals surface area contributed by atoms with Gasteiger partial charge in [0.25, 0.3) is 0 Å². The van der Waals surface area contributed by atoms with Crippen molar-refractivity contribution in [3.63, 3.8) is 0 Å². The molecular weight excluding hydrogens is 214 g/mol. The standard InChI is InChI=1S/C8H13N5O3/c9-11-6(14)7(15)12-1-2-13-5(4-12)3-10-8(13)16/h5H,1-4,9H2,(H,10,16)(H,11,14). The Kier molecular flexibility index (Phi) is 2.65. The molecule has 2 aliphatic rings. The molecule has 0 aromatic carbocycles. The van der Waals surface area contributed by atoms with Crippen molar-refractivity contribution in [2.45, 2.75) is 6.04 Å². The number of nitrogens with two attached hydrogens (primary N) is 1. The quantitative estimate of drug-likeness (QED) is 0.180. The first-order chi connectivity index (χ1) is 7.63. The van der Waals surface area contributed by atoms with Crippen LogP contribution in [0.3, 0.4) is 0 Å². The van der Waals surface area contributed by atoms with Crippen molar-refractivity contribution in [1.29, 1.82) is 0 Å². The molecule has 0 radical (unpaired) electrons. The normalized spacial score (nSPS) is 23.8. The number of fused-ring (bicyclic) bond motifs is 1. The van der Waals surface area contributed by atoms with Crippen LogP contribution in [0.1, 0.15) is 0 Å². The van der Waals surface area contributed by atoms with Crippen molar-refractivity contribution in [2.24, 2.45) is 5.84 Å². The van der Waals surface area contributed by atoms with E-state index in [9.17, 15) is 14.4 Å². The molecule has 2 saturated heterocycles. The van der Waals surface area contributed by atoms with Crippen LogP contribution >= 0.6 is 0 Å². The van der Waals surface area contributed by atoms with Gasteiger partial charge in [-0.25, -0.2) is 10.6 Å². The lowest BCUT2D eigenvalue weighted by molar-refractivity contribution is -0.147. The average Bonchev–Trinajstić information content (AvgIpc) is 2.68. The molecule has 0 aromatic heterocycles. The highest BCUT2D eigenvalue weighted by Gasteiger charge is 2.37. The van der Waals surface area contributed by atoms with E-state index in [4.69, 9.17) is 5.84 Å². The largest absolute Gasteiger partial charge is 0.336 e. The summed E-state index contributed by atoms with van der Waals surface area (Å²) in [5.41, 5.74) is 1.80. The Morgan fingerprint density at radius 1 is 1.44 bits per heavy atom. The summed E-state index contributed by atoms with van der Waals surface area (Å²) in [5, 5.41) is 2.69. The second kappa shape index (κ2) is 3.97. The number of hydrogen-bond donors (Lipinski definition) is 3. The smallest absolute Gasteiger partial charge is 0.323 e. The van der Waals surface area contributed by atoms with Crippen LogP contribution in [0.25, 0.3) is 0 Å². The number of urea groups is 1. The summed E-state index contributed by atoms with van der Waals surface area (Å²) < 4.78 is 0. The summed E-state index contributed by atoms with van der Waals surface area (Å²) in [6.07, 6.45) is 0. The zero-order valence-electron chi connectivity index (χ0n) is 8.60. The number of hydrazine groups is 1. The van der Waals surface area contributed by atoms with E-state index in [1.807, 2.05) is 0 Å². The van der Waals surface area contributed by atoms with Gasteiger partial charge in [-0.05, 0) is 0 Å². The van der Waals surface area contributed by atoms with Crippen molar-refractivity contribution in [2.75, 3.05) is 26.2 Å². The Morgan fingerprint density at radius 2 is 2.19 bits per heavy atom. The Bertz CT molecular complexity index is 345. The zero-order valence-corrected chi connectivity index (χ0v) is 8.60. The van der Waals surface area contributed by atoms with Crippen LogP contribution in [-0.4, -0.2) is 59.9 Å². The maximum absolute atomic E-state index is 11.5. The van der Waals surface area contributed by atoms with Gasteiger partial charge in [-0.1, -0.05) is 0 Å². The van der Waals surface area contributed by atoms with Crippen LogP contribution in [0.5, 0.6) is 0 Å². The molecule has 1 unspecified atom stereocenters. The molecule has 0 spiro atoms. The lowest BCUT2D eigenvalue weighted by atomic mass is 10.2. The van der Waals surface area contributed by atoms with Crippen LogP contribution in [0, 0.1) is 0 Å². The van der Waals surface area contributed by atoms with E-state index in [0.29, 0.717) is 26.2 Å². The average molecular weight is 227 g/mol. The SMILES string of the molecule is NNC(=O)C(=O)N1CCN2C(=O)NCC2C1. The maximum atomic E-state index is 11.5. The molecule has 16 heavy (non-hydrogen) atoms. The Hall–Kier alpha value is -1.83. The first-order valence-corrected chi connectivity index (χ1v) is 4.98. The van der Waals surface area contributed by atoms with Gasteiger partial charge in [-0.3, -0.25) is 15.0 Å². The number of nitrogens with one attached hydrogen (secondary N) is 2. The highest BCUT2D eigenvalue weighted by molar-refractivity contribution is 6.34. The molecule has 88 valence electrons. The van der Waals surface area contributed by atoms with E-state index in [1.54, 1.807) is 10.3 Å². The molecular formula is C8H13N5O3. The topological polar surface area (TPSA) is 108 Å². The monoisotopic (exact) mass is 227 g/mol. The third kappa shape index (κ3) is 1.67. The molecule has 4 N–H and O–H groups in total. The van der Waals surface area contributed by atoms with Crippen LogP contribution in [0.15, 0.2) is 0 Å². The van der Waals surface area contributed by atoms with Gasteiger partial charge in [-0.2, -0.15) is 0 Å². The van der Waals surface area contributed by atoms with Crippen molar-refractivity contribution >= 4 is 17.8 Å². The summed E-state index contributed by atoms with van der Waals surface area (Å²) in [5.74, 6) is 3.41. The van der Waals surface area contributed by atoms with Crippen LogP contribution in [0.2, 0.25) is 0 Å². The first-order valence-electron chi connectivity index (χ1n) is 4.98. The van der Waals surface area contributed by atoms with E-state index >= 15 is 0 Å². The second-order valence-corrected chi connectivity index (χ2v) is 3.76. The summed E-state index contributed by atoms with van der Waals surface area (Å²) >= 11 is 0. The molecule has 0 bridgehead atoms. The Balaban J connectivity index is 1.99. The van der Waals surface area contributed by atoms with Crippen molar-refractivity contribution in [1.82, 2.24) is 20.5 Å². The molecule has 4 amide bonds. The van der Waals surface area contributed by atoms with Gasteiger partial charge in [0.05, 0.1) is 6.04 Å². The van der Waals surface area contributed by atoms with Gasteiger partial charge >= 0.3 is 17.8 Å². The number of carbonyl (C=O) groups excluding carboxylic acids is 3. The minimum Gasteiger partial charge on any atom is -0.336 e. The molecule has 2 heterocycles. The Morgan fingerprint density at radius 3 is 2.88 bits per heavy atom. The van der Waals surface area contributed by atoms with Gasteiger partial charge in [0.15, 0.2) is 0 Å². The fourth-order valence-electron chi connectivity index (χ4n) is 1.99. The van der Waals surface area contributed by atoms with E-state index < -0.39 is 11.8 Å². The maximum Gasteiger partial charge on any atom is 0.323 e. The van der Waals surface area contributed by atoms with Gasteiger partial charge in [0.1, 0.15) is 0 Å². The van der Waals surface area contributed by atoms with Gasteiger partial charge in [0, 0.05) is 26.2 Å². The molecule has 0 aliphatic carbocycles.